The third kappa shape index (κ3) is 4.13. The smallest absolute Gasteiger partial charge is 0.293 e. The maximum Gasteiger partial charge on any atom is 0.293 e. The van der Waals surface area contributed by atoms with Crippen LogP contribution in [0.3, 0.4) is 0 Å². The van der Waals surface area contributed by atoms with E-state index in [0.717, 1.165) is 6.07 Å². The van der Waals surface area contributed by atoms with E-state index in [1.165, 1.54) is 20.0 Å². The molecule has 0 aliphatic carbocycles. The van der Waals surface area contributed by atoms with E-state index >= 15 is 0 Å². The van der Waals surface area contributed by atoms with E-state index in [-0.39, 0.29) is 35.0 Å². The molecule has 1 amide bonds. The number of nitrogen functional groups attached to an aromatic ring is 1. The molecule has 0 aliphatic heterocycles. The van der Waals surface area contributed by atoms with Crippen molar-refractivity contribution in [3.63, 3.8) is 0 Å². The van der Waals surface area contributed by atoms with Gasteiger partial charge in [0, 0.05) is 26.1 Å². The van der Waals surface area contributed by atoms with Gasteiger partial charge in [0.1, 0.15) is 5.69 Å². The number of hydrogen-bond donors (Lipinski definition) is 3. The number of nitrogens with two attached hydrogens (primary N) is 1. The van der Waals surface area contributed by atoms with E-state index in [9.17, 15) is 23.3 Å². The first-order valence-electron chi connectivity index (χ1n) is 5.93. The molecule has 0 radical (unpaired) electrons. The Morgan fingerprint density at radius 2 is 2.05 bits per heavy atom. The van der Waals surface area contributed by atoms with Crippen molar-refractivity contribution >= 4 is 27.3 Å². The van der Waals surface area contributed by atoms with Crippen molar-refractivity contribution in [3.05, 3.63) is 27.8 Å². The number of carbonyl (C=O) groups excluding carboxylic acids is 1. The molecule has 9 nitrogen and oxygen atoms in total. The van der Waals surface area contributed by atoms with Crippen molar-refractivity contribution in [2.75, 3.05) is 19.3 Å². The van der Waals surface area contributed by atoms with Crippen molar-refractivity contribution in [3.8, 4) is 0 Å². The molecule has 0 saturated carbocycles. The minimum absolute atomic E-state index is 0.0359. The molecule has 1 rings (SSSR count). The molecular formula is C11H16N4O5S. The van der Waals surface area contributed by atoms with E-state index in [4.69, 9.17) is 5.73 Å². The molecule has 0 aliphatic rings. The second-order valence-corrected chi connectivity index (χ2v) is 5.99. The van der Waals surface area contributed by atoms with Crippen LogP contribution in [0, 0.1) is 17.0 Å². The average Bonchev–Trinajstić information content (AvgIpc) is 2.37. The number of benzene rings is 1. The molecule has 0 atom stereocenters. The summed E-state index contributed by atoms with van der Waals surface area (Å²) in [6.45, 7) is 1.37. The van der Waals surface area contributed by atoms with E-state index in [1.807, 2.05) is 0 Å². The largest absolute Gasteiger partial charge is 0.393 e. The zero-order valence-electron chi connectivity index (χ0n) is 11.5. The SMILES string of the molecule is CNC(=O)CCNS(=O)(=O)c1cc([N+](=O)[O-])c(N)cc1C. The number of amides is 1. The van der Waals surface area contributed by atoms with Crippen molar-refractivity contribution < 1.29 is 18.1 Å². The summed E-state index contributed by atoms with van der Waals surface area (Å²) >= 11 is 0. The topological polar surface area (TPSA) is 144 Å². The highest BCUT2D eigenvalue weighted by atomic mass is 32.2. The van der Waals surface area contributed by atoms with Gasteiger partial charge in [-0.05, 0) is 18.6 Å². The lowest BCUT2D eigenvalue weighted by Gasteiger charge is -2.10. The van der Waals surface area contributed by atoms with Gasteiger partial charge >= 0.3 is 0 Å². The highest BCUT2D eigenvalue weighted by molar-refractivity contribution is 7.89. The second kappa shape index (κ2) is 6.50. The number of hydrogen-bond acceptors (Lipinski definition) is 6. The number of rotatable bonds is 6. The van der Waals surface area contributed by atoms with Gasteiger partial charge in [-0.15, -0.1) is 0 Å². The number of nitro groups is 1. The molecule has 21 heavy (non-hydrogen) atoms. The molecule has 0 saturated heterocycles. The number of nitro benzene ring substituents is 1. The Morgan fingerprint density at radius 3 is 2.57 bits per heavy atom. The molecule has 0 spiro atoms. The number of aryl methyl sites for hydroxylation is 1. The lowest BCUT2D eigenvalue weighted by atomic mass is 10.2. The normalized spacial score (nSPS) is 11.1. The van der Waals surface area contributed by atoms with Crippen molar-refractivity contribution in [1.82, 2.24) is 10.0 Å². The molecule has 0 heterocycles. The summed E-state index contributed by atoms with van der Waals surface area (Å²) in [6.07, 6.45) is -0.0359. The van der Waals surface area contributed by atoms with Crippen LogP contribution in [0.15, 0.2) is 17.0 Å². The Bertz CT molecular complexity index is 671. The Morgan fingerprint density at radius 1 is 1.43 bits per heavy atom. The third-order valence-electron chi connectivity index (χ3n) is 2.73. The van der Waals surface area contributed by atoms with Crippen molar-refractivity contribution in [1.29, 1.82) is 0 Å². The molecule has 0 aromatic heterocycles. The van der Waals surface area contributed by atoms with Gasteiger partial charge in [-0.3, -0.25) is 14.9 Å². The van der Waals surface area contributed by atoms with Crippen LogP contribution in [0.2, 0.25) is 0 Å². The second-order valence-electron chi connectivity index (χ2n) is 4.25. The maximum atomic E-state index is 12.1. The minimum atomic E-state index is -3.96. The fraction of sp³-hybridized carbons (Fsp3) is 0.364. The first-order valence-corrected chi connectivity index (χ1v) is 7.42. The number of nitrogens with one attached hydrogen (secondary N) is 2. The zero-order chi connectivity index (χ0) is 16.2. The van der Waals surface area contributed by atoms with Gasteiger partial charge in [0.25, 0.3) is 5.69 Å². The standard InChI is InChI=1S/C11H16N4O5S/c1-7-5-8(12)9(15(17)18)6-10(7)21(19,20)14-4-3-11(16)13-2/h5-6,14H,3-4,12H2,1-2H3,(H,13,16). The van der Waals surface area contributed by atoms with E-state index in [0.29, 0.717) is 0 Å². The highest BCUT2D eigenvalue weighted by Crippen LogP contribution is 2.28. The number of nitrogens with zero attached hydrogens (tertiary/aromatic N) is 1. The van der Waals surface area contributed by atoms with Gasteiger partial charge in [0.05, 0.1) is 9.82 Å². The Kier molecular flexibility index (Phi) is 5.22. The summed E-state index contributed by atoms with van der Waals surface area (Å²) in [4.78, 5) is 20.9. The minimum Gasteiger partial charge on any atom is -0.393 e. The summed E-state index contributed by atoms with van der Waals surface area (Å²) in [5.74, 6) is -0.322. The van der Waals surface area contributed by atoms with E-state index in [2.05, 4.69) is 10.0 Å². The lowest BCUT2D eigenvalue weighted by Crippen LogP contribution is -2.29. The zero-order valence-corrected chi connectivity index (χ0v) is 12.4. The fourth-order valence-electron chi connectivity index (χ4n) is 1.65. The van der Waals surface area contributed by atoms with Crippen LogP contribution in [0.4, 0.5) is 11.4 Å². The number of anilines is 1. The van der Waals surface area contributed by atoms with Crippen LogP contribution in [-0.2, 0) is 14.8 Å². The van der Waals surface area contributed by atoms with Gasteiger partial charge in [0.15, 0.2) is 0 Å². The average molecular weight is 316 g/mol. The van der Waals surface area contributed by atoms with Crippen LogP contribution in [-0.4, -0.2) is 32.8 Å². The molecular weight excluding hydrogens is 300 g/mol. The number of sulfonamides is 1. The van der Waals surface area contributed by atoms with Gasteiger partial charge < -0.3 is 11.1 Å². The summed E-state index contributed by atoms with van der Waals surface area (Å²) in [5, 5.41) is 13.2. The van der Waals surface area contributed by atoms with Crippen LogP contribution in [0.5, 0.6) is 0 Å². The van der Waals surface area contributed by atoms with E-state index < -0.39 is 20.6 Å². The van der Waals surface area contributed by atoms with E-state index in [1.54, 1.807) is 0 Å². The lowest BCUT2D eigenvalue weighted by molar-refractivity contribution is -0.384. The molecule has 10 heteroatoms. The molecule has 0 fully saturated rings. The van der Waals surface area contributed by atoms with Crippen molar-refractivity contribution in [2.24, 2.45) is 0 Å². The Hall–Kier alpha value is -2.20. The first kappa shape index (κ1) is 16.9. The quantitative estimate of drug-likeness (QED) is 0.379. The van der Waals surface area contributed by atoms with Gasteiger partial charge in [-0.2, -0.15) is 0 Å². The molecule has 0 unspecified atom stereocenters. The predicted molar refractivity (Wildman–Crippen MR) is 76.1 cm³/mol. The molecule has 116 valence electrons. The first-order chi connectivity index (χ1) is 9.69. The van der Waals surface area contributed by atoms with Gasteiger partial charge in [-0.1, -0.05) is 0 Å². The van der Waals surface area contributed by atoms with Crippen LogP contribution < -0.4 is 15.8 Å². The Balaban J connectivity index is 3.05. The summed E-state index contributed by atoms with van der Waals surface area (Å²) < 4.78 is 26.4. The molecule has 4 N–H and O–H groups in total. The molecule has 0 bridgehead atoms. The Labute approximate surface area is 121 Å². The molecule has 1 aromatic carbocycles. The highest BCUT2D eigenvalue weighted by Gasteiger charge is 2.23. The monoisotopic (exact) mass is 316 g/mol. The summed E-state index contributed by atoms with van der Waals surface area (Å²) in [6, 6.07) is 2.14. The molecule has 1 aromatic rings. The summed E-state index contributed by atoms with van der Waals surface area (Å²) in [5.41, 5.74) is 5.18. The maximum absolute atomic E-state index is 12.1. The van der Waals surface area contributed by atoms with Crippen LogP contribution in [0.25, 0.3) is 0 Å². The summed E-state index contributed by atoms with van der Waals surface area (Å²) in [7, 11) is -2.52. The van der Waals surface area contributed by atoms with Crippen LogP contribution >= 0.6 is 0 Å². The predicted octanol–water partition coefficient (Wildman–Crippen LogP) is -0.100. The number of carbonyl (C=O) groups is 1. The van der Waals surface area contributed by atoms with Gasteiger partial charge in [-0.25, -0.2) is 13.1 Å². The van der Waals surface area contributed by atoms with Gasteiger partial charge in [0.2, 0.25) is 15.9 Å². The van der Waals surface area contributed by atoms with Crippen molar-refractivity contribution in [2.45, 2.75) is 18.2 Å². The fourth-order valence-corrected chi connectivity index (χ4v) is 2.92. The third-order valence-corrected chi connectivity index (χ3v) is 4.34. The van der Waals surface area contributed by atoms with Crippen LogP contribution in [0.1, 0.15) is 12.0 Å².